The van der Waals surface area contributed by atoms with Gasteiger partial charge in [0.1, 0.15) is 29.4 Å². The van der Waals surface area contributed by atoms with Crippen molar-refractivity contribution in [1.29, 1.82) is 0 Å². The van der Waals surface area contributed by atoms with Crippen LogP contribution in [0.3, 0.4) is 0 Å². The van der Waals surface area contributed by atoms with Crippen molar-refractivity contribution in [1.82, 2.24) is 4.90 Å². The number of phenolic OH excluding ortho intramolecular Hbond substituents is 1. The van der Waals surface area contributed by atoms with Crippen molar-refractivity contribution in [3.8, 4) is 16.9 Å². The number of primary amides is 1. The van der Waals surface area contributed by atoms with E-state index in [1.807, 2.05) is 12.1 Å². The lowest BCUT2D eigenvalue weighted by molar-refractivity contribution is -0.153. The average Bonchev–Trinajstić information content (AvgIpc) is 2.91. The zero-order valence-corrected chi connectivity index (χ0v) is 23.4. The molecule has 0 radical (unpaired) electrons. The van der Waals surface area contributed by atoms with Crippen LogP contribution in [0.5, 0.6) is 5.75 Å². The van der Waals surface area contributed by atoms with E-state index < -0.39 is 58.0 Å². The number of amides is 1. The van der Waals surface area contributed by atoms with Gasteiger partial charge in [-0.2, -0.15) is 0 Å². The Morgan fingerprint density at radius 3 is 2.33 bits per heavy atom. The molecule has 1 saturated carbocycles. The fourth-order valence-electron chi connectivity index (χ4n) is 6.76. The number of hydrogen-bond acceptors (Lipinski definition) is 10. The lowest BCUT2D eigenvalue weighted by Gasteiger charge is -2.50. The van der Waals surface area contributed by atoms with E-state index in [-0.39, 0.29) is 48.5 Å². The third-order valence-corrected chi connectivity index (χ3v) is 8.58. The molecule has 0 aromatic heterocycles. The fourth-order valence-corrected chi connectivity index (χ4v) is 6.76. The van der Waals surface area contributed by atoms with Gasteiger partial charge >= 0.3 is 0 Å². The number of methoxy groups -OCH3 is 1. The number of carbonyl (C=O) groups excluding carboxylic acids is 4. The van der Waals surface area contributed by atoms with E-state index >= 15 is 0 Å². The number of Topliss-reactive ketones (excluding diaryl/α,β-unsaturated/α-hetero) is 3. The number of phenols is 1. The zero-order valence-electron chi connectivity index (χ0n) is 23.4. The molecule has 3 aliphatic rings. The zero-order chi connectivity index (χ0) is 30.7. The van der Waals surface area contributed by atoms with Crippen molar-refractivity contribution in [3.05, 3.63) is 70.0 Å². The van der Waals surface area contributed by atoms with Gasteiger partial charge in [0.05, 0.1) is 11.6 Å². The largest absolute Gasteiger partial charge is 0.508 e. The molecule has 11 heteroatoms. The number of ketones is 3. The lowest BCUT2D eigenvalue weighted by atomic mass is 9.57. The number of nitrogens with two attached hydrogens (primary N) is 1. The molecule has 0 heterocycles. The molecule has 3 aliphatic carbocycles. The smallest absolute Gasteiger partial charge is 0.255 e. The summed E-state index contributed by atoms with van der Waals surface area (Å²) in [4.78, 5) is 52.8. The standard InChI is InChI=1S/C31H32N2O9/c1-33(2)25-20-12-16-11-19-18(15-6-4-14(5-7-15)10-17(34)13-42-3)8-9-21(35)23(19)26(36)22(16)28(38)31(20,41)29(39)24(27(25)37)30(32)40/h4-9,16,20,25,35-36,39,41H,10-13H2,1-3H3,(H2,32,40)/t16-,20-,25-,31-/m1/s1. The first-order valence-corrected chi connectivity index (χ1v) is 13.4. The van der Waals surface area contributed by atoms with Gasteiger partial charge in [0.25, 0.3) is 5.91 Å². The van der Waals surface area contributed by atoms with Gasteiger partial charge in [-0.05, 0) is 61.2 Å². The SMILES string of the molecule is COCC(=O)Cc1ccc(-c2ccc(O)c3c2C[C@@H]2C[C@@H]4[C@@H](N(C)C)C(=O)C(C(N)=O)=C(O)[C@]4(O)C(=O)C2=C3O)cc1. The Balaban J connectivity index is 1.63. The first kappa shape index (κ1) is 29.2. The Bertz CT molecular complexity index is 1590. The second-order valence-corrected chi connectivity index (χ2v) is 11.3. The van der Waals surface area contributed by atoms with Gasteiger partial charge in [0.15, 0.2) is 17.2 Å². The second-order valence-electron chi connectivity index (χ2n) is 11.3. The van der Waals surface area contributed by atoms with Gasteiger partial charge in [-0.15, -0.1) is 0 Å². The number of aliphatic hydroxyl groups excluding tert-OH is 2. The Morgan fingerprint density at radius 2 is 1.74 bits per heavy atom. The molecule has 11 nitrogen and oxygen atoms in total. The quantitative estimate of drug-likeness (QED) is 0.301. The minimum absolute atomic E-state index is 0.00140. The molecule has 5 rings (SSSR count). The summed E-state index contributed by atoms with van der Waals surface area (Å²) in [6.07, 6.45) is 0.376. The van der Waals surface area contributed by atoms with Gasteiger partial charge in [0, 0.05) is 25.0 Å². The summed E-state index contributed by atoms with van der Waals surface area (Å²) < 4.78 is 4.89. The van der Waals surface area contributed by atoms with Crippen LogP contribution in [0, 0.1) is 11.8 Å². The number of aliphatic hydroxyl groups is 3. The van der Waals surface area contributed by atoms with Crippen molar-refractivity contribution in [3.63, 3.8) is 0 Å². The summed E-state index contributed by atoms with van der Waals surface area (Å²) in [6.45, 7) is 0.00901. The van der Waals surface area contributed by atoms with Crippen LogP contribution in [-0.2, 0) is 36.8 Å². The Hall–Kier alpha value is -4.32. The van der Waals surface area contributed by atoms with Crippen LogP contribution in [0.2, 0.25) is 0 Å². The topological polar surface area (TPSA) is 188 Å². The summed E-state index contributed by atoms with van der Waals surface area (Å²) in [5.41, 5.74) is 4.40. The Morgan fingerprint density at radius 1 is 1.07 bits per heavy atom. The summed E-state index contributed by atoms with van der Waals surface area (Å²) in [5.74, 6) is -7.01. The maximum atomic E-state index is 14.0. The van der Waals surface area contributed by atoms with Gasteiger partial charge in [0.2, 0.25) is 5.78 Å². The molecule has 2 aromatic carbocycles. The van der Waals surface area contributed by atoms with Crippen LogP contribution in [-0.4, -0.2) is 88.0 Å². The van der Waals surface area contributed by atoms with Gasteiger partial charge in [-0.1, -0.05) is 30.3 Å². The number of carbonyl (C=O) groups is 4. The number of nitrogens with zero attached hydrogens (tertiary/aromatic N) is 1. The number of fused-ring (bicyclic) bond motifs is 3. The van der Waals surface area contributed by atoms with Crippen molar-refractivity contribution in [2.75, 3.05) is 27.8 Å². The Labute approximate surface area is 241 Å². The van der Waals surface area contributed by atoms with Gasteiger partial charge in [-0.25, -0.2) is 0 Å². The normalized spacial score (nSPS) is 25.3. The third-order valence-electron chi connectivity index (χ3n) is 8.58. The number of ether oxygens (including phenoxy) is 1. The minimum atomic E-state index is -2.69. The predicted molar refractivity (Wildman–Crippen MR) is 150 cm³/mol. The molecule has 220 valence electrons. The number of rotatable bonds is 7. The second kappa shape index (κ2) is 10.5. The first-order valence-electron chi connectivity index (χ1n) is 13.4. The highest BCUT2D eigenvalue weighted by molar-refractivity contribution is 6.24. The molecule has 2 aromatic rings. The van der Waals surface area contributed by atoms with Gasteiger partial charge < -0.3 is 30.9 Å². The molecule has 4 atom stereocenters. The number of benzene rings is 2. The third kappa shape index (κ3) is 4.32. The highest BCUT2D eigenvalue weighted by Crippen LogP contribution is 2.53. The van der Waals surface area contributed by atoms with Crippen LogP contribution in [0.4, 0.5) is 0 Å². The van der Waals surface area contributed by atoms with E-state index in [0.29, 0.717) is 11.1 Å². The van der Waals surface area contributed by atoms with Crippen LogP contribution < -0.4 is 5.73 Å². The summed E-state index contributed by atoms with van der Waals surface area (Å²) >= 11 is 0. The average molecular weight is 577 g/mol. The van der Waals surface area contributed by atoms with Crippen molar-refractivity contribution >= 4 is 29.0 Å². The van der Waals surface area contributed by atoms with Crippen LogP contribution in [0.15, 0.2) is 53.3 Å². The Kier molecular flexibility index (Phi) is 7.30. The van der Waals surface area contributed by atoms with Crippen molar-refractivity contribution < 1.29 is 44.3 Å². The summed E-state index contributed by atoms with van der Waals surface area (Å²) in [7, 11) is 4.56. The molecule has 0 aliphatic heterocycles. The molecular weight excluding hydrogens is 544 g/mol. The monoisotopic (exact) mass is 576 g/mol. The van der Waals surface area contributed by atoms with E-state index in [2.05, 4.69) is 0 Å². The van der Waals surface area contributed by atoms with Crippen LogP contribution in [0.1, 0.15) is 23.1 Å². The van der Waals surface area contributed by atoms with E-state index in [1.165, 1.54) is 18.1 Å². The van der Waals surface area contributed by atoms with Crippen molar-refractivity contribution in [2.24, 2.45) is 17.6 Å². The van der Waals surface area contributed by atoms with E-state index in [1.54, 1.807) is 32.3 Å². The summed E-state index contributed by atoms with van der Waals surface area (Å²) in [6, 6.07) is 9.17. The molecule has 1 fully saturated rings. The highest BCUT2D eigenvalue weighted by Gasteiger charge is 2.64. The molecule has 0 saturated heterocycles. The molecule has 1 amide bonds. The van der Waals surface area contributed by atoms with E-state index in [4.69, 9.17) is 10.5 Å². The van der Waals surface area contributed by atoms with E-state index in [0.717, 1.165) is 11.1 Å². The maximum Gasteiger partial charge on any atom is 0.255 e. The highest BCUT2D eigenvalue weighted by atomic mass is 16.5. The number of aromatic hydroxyl groups is 1. The minimum Gasteiger partial charge on any atom is -0.508 e. The molecule has 6 N–H and O–H groups in total. The fraction of sp³-hybridized carbons (Fsp3) is 0.355. The number of hydrogen-bond donors (Lipinski definition) is 5. The van der Waals surface area contributed by atoms with Crippen LogP contribution in [0.25, 0.3) is 16.9 Å². The molecule has 0 spiro atoms. The maximum absolute atomic E-state index is 14.0. The van der Waals surface area contributed by atoms with Gasteiger partial charge in [-0.3, -0.25) is 24.1 Å². The lowest BCUT2D eigenvalue weighted by Crippen LogP contribution is -2.65. The molecule has 42 heavy (non-hydrogen) atoms. The first-order chi connectivity index (χ1) is 19.8. The van der Waals surface area contributed by atoms with Crippen LogP contribution >= 0.6 is 0 Å². The molecular formula is C31H32N2O9. The predicted octanol–water partition coefficient (Wildman–Crippen LogP) is 1.39. The molecule has 0 unspecified atom stereocenters. The van der Waals surface area contributed by atoms with E-state index in [9.17, 15) is 39.6 Å². The van der Waals surface area contributed by atoms with Crippen molar-refractivity contribution in [2.45, 2.75) is 30.9 Å². The summed E-state index contributed by atoms with van der Waals surface area (Å²) in [5, 5.41) is 44.9. The molecule has 0 bridgehead atoms. The number of likely N-dealkylation sites (N-methyl/N-ethyl adjacent to an activating group) is 1.